The first-order valence-electron chi connectivity index (χ1n) is 27.3. The summed E-state index contributed by atoms with van der Waals surface area (Å²) in [6.45, 7) is 4.50. The molecule has 0 rings (SSSR count). The molecular weight excluding hydrogens is 840 g/mol. The predicted molar refractivity (Wildman–Crippen MR) is 284 cm³/mol. The van der Waals surface area contributed by atoms with E-state index in [4.69, 9.17) is 9.05 Å². The molecule has 66 heavy (non-hydrogen) atoms. The number of carbonyl (C=O) groups is 1. The van der Waals surface area contributed by atoms with Crippen molar-refractivity contribution in [1.29, 1.82) is 0 Å². The SMILES string of the molecule is CC/C=C\C/C=C\C/C=C\C/C=C\CCCCCCC(=O)NC(COP(=O)([O-])OCC[N+](C)(C)C)C(O)/C=C/CC/C=C/CCCCCCCCCCCCCCCCCCCCCCC. The zero-order valence-corrected chi connectivity index (χ0v) is 44.5. The van der Waals surface area contributed by atoms with E-state index in [1.165, 1.54) is 135 Å². The van der Waals surface area contributed by atoms with Gasteiger partial charge < -0.3 is 28.8 Å². The van der Waals surface area contributed by atoms with Gasteiger partial charge in [-0.05, 0) is 70.6 Å². The number of unbranched alkanes of at least 4 members (excludes halogenated alkanes) is 26. The minimum Gasteiger partial charge on any atom is -0.756 e. The summed E-state index contributed by atoms with van der Waals surface area (Å²) in [6, 6.07) is -0.921. The Morgan fingerprint density at radius 1 is 0.545 bits per heavy atom. The number of likely N-dealkylation sites (N-methyl/N-ethyl adjacent to an activating group) is 1. The van der Waals surface area contributed by atoms with Crippen LogP contribution in [-0.4, -0.2) is 68.5 Å². The fourth-order valence-corrected chi connectivity index (χ4v) is 8.35. The summed E-state index contributed by atoms with van der Waals surface area (Å²) in [5.74, 6) is -0.232. The van der Waals surface area contributed by atoms with Crippen molar-refractivity contribution in [3.63, 3.8) is 0 Å². The van der Waals surface area contributed by atoms with Crippen molar-refractivity contribution in [2.24, 2.45) is 0 Å². The molecule has 0 radical (unpaired) electrons. The molecule has 3 atom stereocenters. The Labute approximate surface area is 408 Å². The minimum atomic E-state index is -4.61. The molecule has 384 valence electrons. The van der Waals surface area contributed by atoms with Gasteiger partial charge in [-0.25, -0.2) is 0 Å². The summed E-state index contributed by atoms with van der Waals surface area (Å²) in [6.07, 6.45) is 65.6. The average Bonchev–Trinajstić information content (AvgIpc) is 3.28. The van der Waals surface area contributed by atoms with E-state index in [1.54, 1.807) is 6.08 Å². The molecule has 0 aromatic carbocycles. The molecule has 1 amide bonds. The Hall–Kier alpha value is -2.06. The third-order valence-electron chi connectivity index (χ3n) is 11.9. The van der Waals surface area contributed by atoms with Gasteiger partial charge in [0.05, 0.1) is 39.9 Å². The van der Waals surface area contributed by atoms with E-state index in [2.05, 4.69) is 79.9 Å². The summed E-state index contributed by atoms with van der Waals surface area (Å²) >= 11 is 0. The van der Waals surface area contributed by atoms with Crippen molar-refractivity contribution in [2.45, 2.75) is 244 Å². The fraction of sp³-hybridized carbons (Fsp3) is 0.772. The number of hydrogen-bond donors (Lipinski definition) is 2. The van der Waals surface area contributed by atoms with E-state index in [0.717, 1.165) is 77.0 Å². The van der Waals surface area contributed by atoms with Gasteiger partial charge in [0.15, 0.2) is 0 Å². The third kappa shape index (κ3) is 49.8. The molecule has 0 fully saturated rings. The Morgan fingerprint density at radius 2 is 0.939 bits per heavy atom. The lowest BCUT2D eigenvalue weighted by Crippen LogP contribution is -2.45. The Kier molecular flexibility index (Phi) is 46.5. The van der Waals surface area contributed by atoms with E-state index in [9.17, 15) is 19.4 Å². The second kappa shape index (κ2) is 48.0. The fourth-order valence-electron chi connectivity index (χ4n) is 7.63. The molecule has 2 N–H and O–H groups in total. The number of rotatable bonds is 49. The van der Waals surface area contributed by atoms with E-state index in [0.29, 0.717) is 17.4 Å². The van der Waals surface area contributed by atoms with Crippen LogP contribution in [0.3, 0.4) is 0 Å². The van der Waals surface area contributed by atoms with Crippen molar-refractivity contribution in [3.8, 4) is 0 Å². The van der Waals surface area contributed by atoms with Gasteiger partial charge in [-0.3, -0.25) is 9.36 Å². The maximum Gasteiger partial charge on any atom is 0.268 e. The van der Waals surface area contributed by atoms with Gasteiger partial charge in [-0.15, -0.1) is 0 Å². The van der Waals surface area contributed by atoms with Crippen molar-refractivity contribution >= 4 is 13.7 Å². The lowest BCUT2D eigenvalue weighted by Gasteiger charge is -2.29. The summed E-state index contributed by atoms with van der Waals surface area (Å²) in [4.78, 5) is 25.4. The quantitative estimate of drug-likeness (QED) is 0.0272. The standard InChI is InChI=1S/C57H105N2O6P/c1-6-8-10-12-14-16-18-20-22-24-25-26-27-28-29-30-31-32-33-35-36-38-40-42-44-46-48-50-56(60)55(54-65-66(62,63)64-53-52-59(3,4)5)58-57(61)51-49-47-45-43-41-39-37-34-23-21-19-17-15-13-11-9-7-2/h9,11,15,17,21,23,37,39-40,42,48,50,55-56,60H,6-8,10,12-14,16,18-20,22,24-36,38,41,43-47,49,51-54H2,1-5H3,(H-,58,61,62,63)/b11-9-,17-15-,23-21-,39-37-,42-40+,50-48+. The topological polar surface area (TPSA) is 108 Å². The normalized spacial score (nSPS) is 14.6. The average molecular weight is 945 g/mol. The number of aliphatic hydroxyl groups is 1. The molecule has 0 saturated heterocycles. The second-order valence-corrected chi connectivity index (χ2v) is 21.0. The molecule has 0 aromatic heterocycles. The number of quaternary nitrogens is 1. The molecule has 0 heterocycles. The smallest absolute Gasteiger partial charge is 0.268 e. The van der Waals surface area contributed by atoms with Crippen LogP contribution in [0.25, 0.3) is 0 Å². The number of amides is 1. The van der Waals surface area contributed by atoms with Gasteiger partial charge in [0.1, 0.15) is 13.2 Å². The van der Waals surface area contributed by atoms with Crippen LogP contribution in [0.15, 0.2) is 72.9 Å². The van der Waals surface area contributed by atoms with Gasteiger partial charge in [0.25, 0.3) is 7.82 Å². The number of phosphoric acid groups is 1. The first kappa shape index (κ1) is 63.9. The van der Waals surface area contributed by atoms with Crippen molar-refractivity contribution in [2.75, 3.05) is 40.9 Å². The van der Waals surface area contributed by atoms with Crippen LogP contribution >= 0.6 is 7.82 Å². The molecular formula is C57H105N2O6P. The Bertz CT molecular complexity index is 1300. The molecule has 0 spiro atoms. The molecule has 3 unspecified atom stereocenters. The molecule has 8 nitrogen and oxygen atoms in total. The van der Waals surface area contributed by atoms with E-state index in [1.807, 2.05) is 27.2 Å². The Morgan fingerprint density at radius 3 is 1.41 bits per heavy atom. The summed E-state index contributed by atoms with van der Waals surface area (Å²) in [5.41, 5.74) is 0. The zero-order valence-electron chi connectivity index (χ0n) is 43.6. The lowest BCUT2D eigenvalue weighted by atomic mass is 10.0. The lowest BCUT2D eigenvalue weighted by molar-refractivity contribution is -0.870. The highest BCUT2D eigenvalue weighted by atomic mass is 31.2. The number of nitrogens with one attached hydrogen (secondary N) is 1. The zero-order chi connectivity index (χ0) is 48.5. The molecule has 0 aliphatic carbocycles. The number of hydrogen-bond acceptors (Lipinski definition) is 6. The van der Waals surface area contributed by atoms with Crippen LogP contribution in [-0.2, 0) is 18.4 Å². The number of phosphoric ester groups is 1. The van der Waals surface area contributed by atoms with Gasteiger partial charge in [0, 0.05) is 6.42 Å². The van der Waals surface area contributed by atoms with E-state index < -0.39 is 26.6 Å². The van der Waals surface area contributed by atoms with Gasteiger partial charge in [-0.1, -0.05) is 228 Å². The second-order valence-electron chi connectivity index (χ2n) is 19.5. The van der Waals surface area contributed by atoms with E-state index >= 15 is 0 Å². The van der Waals surface area contributed by atoms with Crippen molar-refractivity contribution in [3.05, 3.63) is 72.9 Å². The largest absolute Gasteiger partial charge is 0.756 e. The number of carbonyl (C=O) groups excluding carboxylic acids is 1. The third-order valence-corrected chi connectivity index (χ3v) is 12.9. The first-order valence-corrected chi connectivity index (χ1v) is 28.8. The van der Waals surface area contributed by atoms with Gasteiger partial charge >= 0.3 is 0 Å². The van der Waals surface area contributed by atoms with Crippen LogP contribution in [0.1, 0.15) is 232 Å². The highest BCUT2D eigenvalue weighted by molar-refractivity contribution is 7.45. The van der Waals surface area contributed by atoms with Crippen LogP contribution in [0.5, 0.6) is 0 Å². The van der Waals surface area contributed by atoms with Gasteiger partial charge in [-0.2, -0.15) is 0 Å². The molecule has 0 aliphatic rings. The monoisotopic (exact) mass is 945 g/mol. The minimum absolute atomic E-state index is 0.0147. The highest BCUT2D eigenvalue weighted by Crippen LogP contribution is 2.38. The molecule has 0 saturated carbocycles. The molecule has 0 aromatic rings. The van der Waals surface area contributed by atoms with E-state index in [-0.39, 0.29) is 12.5 Å². The number of allylic oxidation sites excluding steroid dienone is 11. The van der Waals surface area contributed by atoms with Crippen LogP contribution in [0.4, 0.5) is 0 Å². The number of aliphatic hydroxyl groups excluding tert-OH is 1. The van der Waals surface area contributed by atoms with Crippen LogP contribution in [0.2, 0.25) is 0 Å². The molecule has 0 aliphatic heterocycles. The Balaban J connectivity index is 4.30. The maximum absolute atomic E-state index is 12.9. The first-order chi connectivity index (χ1) is 32.0. The number of nitrogens with zero attached hydrogens (tertiary/aromatic N) is 1. The molecule has 0 bridgehead atoms. The molecule has 9 heteroatoms. The van der Waals surface area contributed by atoms with Crippen molar-refractivity contribution < 1.29 is 32.9 Å². The maximum atomic E-state index is 12.9. The summed E-state index contributed by atoms with van der Waals surface area (Å²) in [5, 5.41) is 13.8. The van der Waals surface area contributed by atoms with Gasteiger partial charge in [0.2, 0.25) is 5.91 Å². The van der Waals surface area contributed by atoms with Crippen LogP contribution in [0, 0.1) is 0 Å². The van der Waals surface area contributed by atoms with Crippen molar-refractivity contribution in [1.82, 2.24) is 5.32 Å². The highest BCUT2D eigenvalue weighted by Gasteiger charge is 2.23. The summed E-state index contributed by atoms with van der Waals surface area (Å²) < 4.78 is 23.3. The summed E-state index contributed by atoms with van der Waals surface area (Å²) in [7, 11) is 1.22. The van der Waals surface area contributed by atoms with Crippen LogP contribution < -0.4 is 10.2 Å². The predicted octanol–water partition coefficient (Wildman–Crippen LogP) is 15.7.